The number of benzene rings is 1. The highest BCUT2D eigenvalue weighted by Gasteiger charge is 2.19. The van der Waals surface area contributed by atoms with Gasteiger partial charge in [-0.15, -0.1) is 0 Å². The van der Waals surface area contributed by atoms with Crippen molar-refractivity contribution in [1.82, 2.24) is 0 Å². The molecule has 17 heavy (non-hydrogen) atoms. The van der Waals surface area contributed by atoms with E-state index in [0.717, 1.165) is 0 Å². The number of carbonyl (C=O) groups is 1. The first kappa shape index (κ1) is 12.8. The maximum atomic E-state index is 10.8. The van der Waals surface area contributed by atoms with Crippen LogP contribution < -0.4 is 9.47 Å². The van der Waals surface area contributed by atoms with Crippen LogP contribution >= 0.6 is 0 Å². The van der Waals surface area contributed by atoms with Crippen molar-refractivity contribution in [3.8, 4) is 17.6 Å². The van der Waals surface area contributed by atoms with Crippen LogP contribution in [0.15, 0.2) is 18.2 Å². The Hall–Kier alpha value is -2.22. The number of hydrogen-bond acceptors (Lipinski definition) is 4. The summed E-state index contributed by atoms with van der Waals surface area (Å²) in [7, 11) is 3.02. The molecule has 0 radical (unpaired) electrons. The second-order valence-corrected chi connectivity index (χ2v) is 3.40. The molecule has 1 N–H and O–H groups in total. The van der Waals surface area contributed by atoms with Crippen LogP contribution in [0.5, 0.6) is 11.5 Å². The lowest BCUT2D eigenvalue weighted by Gasteiger charge is -2.11. The highest BCUT2D eigenvalue weighted by molar-refractivity contribution is 5.73. The van der Waals surface area contributed by atoms with Crippen LogP contribution in [-0.4, -0.2) is 25.3 Å². The lowest BCUT2D eigenvalue weighted by atomic mass is 10.00. The fourth-order valence-electron chi connectivity index (χ4n) is 1.43. The van der Waals surface area contributed by atoms with E-state index in [1.54, 1.807) is 24.3 Å². The van der Waals surface area contributed by atoms with Gasteiger partial charge in [0.2, 0.25) is 0 Å². The summed E-state index contributed by atoms with van der Waals surface area (Å²) in [6, 6.07) is 6.80. The average Bonchev–Trinajstić information content (AvgIpc) is 2.35. The van der Waals surface area contributed by atoms with Crippen molar-refractivity contribution in [2.75, 3.05) is 14.2 Å². The van der Waals surface area contributed by atoms with Crippen molar-refractivity contribution >= 4 is 5.97 Å². The molecular weight excluding hydrogens is 222 g/mol. The normalized spacial score (nSPS) is 11.4. The monoisotopic (exact) mass is 235 g/mol. The summed E-state index contributed by atoms with van der Waals surface area (Å²) in [5, 5.41) is 17.5. The number of carboxylic acids is 1. The fraction of sp³-hybridized carbons (Fsp3) is 0.333. The second-order valence-electron chi connectivity index (χ2n) is 3.40. The van der Waals surface area contributed by atoms with Gasteiger partial charge in [0.25, 0.3) is 0 Å². The van der Waals surface area contributed by atoms with Crippen molar-refractivity contribution in [3.63, 3.8) is 0 Å². The molecule has 1 aromatic carbocycles. The van der Waals surface area contributed by atoms with Crippen molar-refractivity contribution in [3.05, 3.63) is 23.8 Å². The Balaban J connectivity index is 2.98. The Bertz CT molecular complexity index is 450. The summed E-state index contributed by atoms with van der Waals surface area (Å²) in [6.07, 6.45) is 0.110. The molecule has 0 aromatic heterocycles. The van der Waals surface area contributed by atoms with Gasteiger partial charge in [0, 0.05) is 12.5 Å². The van der Waals surface area contributed by atoms with Crippen LogP contribution in [-0.2, 0) is 11.2 Å². The molecular formula is C12H13NO4. The largest absolute Gasteiger partial charge is 0.497 e. The Morgan fingerprint density at radius 2 is 2.18 bits per heavy atom. The highest BCUT2D eigenvalue weighted by atomic mass is 16.5. The number of carboxylic acid groups (broad SMARTS) is 1. The predicted octanol–water partition coefficient (Wildman–Crippen LogP) is 1.47. The van der Waals surface area contributed by atoms with Gasteiger partial charge in [-0.05, 0) is 11.6 Å². The maximum Gasteiger partial charge on any atom is 0.321 e. The van der Waals surface area contributed by atoms with Crippen molar-refractivity contribution < 1.29 is 19.4 Å². The zero-order valence-corrected chi connectivity index (χ0v) is 9.64. The third-order valence-corrected chi connectivity index (χ3v) is 2.37. The first-order chi connectivity index (χ1) is 8.12. The molecule has 0 bridgehead atoms. The standard InChI is InChI=1S/C12H13NO4/c1-16-10-4-3-8(11(6-10)17-2)5-9(7-13)12(14)15/h3-4,6,9H,5H2,1-2H3,(H,14,15). The van der Waals surface area contributed by atoms with Gasteiger partial charge in [-0.3, -0.25) is 4.79 Å². The zero-order valence-electron chi connectivity index (χ0n) is 9.64. The minimum Gasteiger partial charge on any atom is -0.497 e. The van der Waals surface area contributed by atoms with Crippen LogP contribution in [0.25, 0.3) is 0 Å². The summed E-state index contributed by atoms with van der Waals surface area (Å²) < 4.78 is 10.2. The smallest absolute Gasteiger partial charge is 0.321 e. The van der Waals surface area contributed by atoms with Crippen LogP contribution in [0.1, 0.15) is 5.56 Å². The number of nitriles is 1. The average molecular weight is 235 g/mol. The molecule has 0 aliphatic carbocycles. The van der Waals surface area contributed by atoms with Gasteiger partial charge in [0.05, 0.1) is 20.3 Å². The molecule has 0 saturated heterocycles. The van der Waals surface area contributed by atoms with Gasteiger partial charge in [-0.2, -0.15) is 5.26 Å². The number of rotatable bonds is 5. The van der Waals surface area contributed by atoms with E-state index < -0.39 is 11.9 Å². The van der Waals surface area contributed by atoms with Crippen molar-refractivity contribution in [2.45, 2.75) is 6.42 Å². The van der Waals surface area contributed by atoms with E-state index in [2.05, 4.69) is 0 Å². The Morgan fingerprint density at radius 3 is 2.65 bits per heavy atom. The van der Waals surface area contributed by atoms with Crippen LogP contribution in [0.4, 0.5) is 0 Å². The number of hydrogen-bond donors (Lipinski definition) is 1. The Kier molecular flexibility index (Phi) is 4.35. The Labute approximate surface area is 99.2 Å². The maximum absolute atomic E-state index is 10.8. The zero-order chi connectivity index (χ0) is 12.8. The molecule has 1 aromatic rings. The molecule has 0 aliphatic heterocycles. The molecule has 0 fully saturated rings. The topological polar surface area (TPSA) is 79.5 Å². The van der Waals surface area contributed by atoms with E-state index in [4.69, 9.17) is 19.8 Å². The lowest BCUT2D eigenvalue weighted by molar-refractivity contribution is -0.139. The van der Waals surface area contributed by atoms with Crippen molar-refractivity contribution in [2.24, 2.45) is 5.92 Å². The molecule has 1 unspecified atom stereocenters. The van der Waals surface area contributed by atoms with E-state index >= 15 is 0 Å². The van der Waals surface area contributed by atoms with E-state index in [1.807, 2.05) is 0 Å². The molecule has 0 heterocycles. The van der Waals surface area contributed by atoms with Gasteiger partial charge in [-0.1, -0.05) is 6.07 Å². The molecule has 90 valence electrons. The number of ether oxygens (including phenoxy) is 2. The Morgan fingerprint density at radius 1 is 1.47 bits per heavy atom. The van der Waals surface area contributed by atoms with E-state index in [-0.39, 0.29) is 6.42 Å². The first-order valence-corrected chi connectivity index (χ1v) is 4.95. The van der Waals surface area contributed by atoms with Gasteiger partial charge >= 0.3 is 5.97 Å². The van der Waals surface area contributed by atoms with E-state index in [1.165, 1.54) is 14.2 Å². The molecule has 0 saturated carbocycles. The summed E-state index contributed by atoms with van der Waals surface area (Å²) in [5.74, 6) is -1.07. The van der Waals surface area contributed by atoms with Crippen LogP contribution in [0.2, 0.25) is 0 Å². The quantitative estimate of drug-likeness (QED) is 0.835. The molecule has 0 spiro atoms. The van der Waals surface area contributed by atoms with Gasteiger partial charge in [-0.25, -0.2) is 0 Å². The summed E-state index contributed by atoms with van der Waals surface area (Å²) in [5.41, 5.74) is 0.669. The molecule has 1 rings (SSSR count). The van der Waals surface area contributed by atoms with Gasteiger partial charge in [0.15, 0.2) is 0 Å². The summed E-state index contributed by atoms with van der Waals surface area (Å²) >= 11 is 0. The van der Waals surface area contributed by atoms with E-state index in [0.29, 0.717) is 17.1 Å². The van der Waals surface area contributed by atoms with Gasteiger partial charge < -0.3 is 14.6 Å². The number of nitrogens with zero attached hydrogens (tertiary/aromatic N) is 1. The molecule has 5 heteroatoms. The SMILES string of the molecule is COc1ccc(CC(C#N)C(=O)O)c(OC)c1. The minimum absolute atomic E-state index is 0.110. The molecule has 5 nitrogen and oxygen atoms in total. The second kappa shape index (κ2) is 5.75. The van der Waals surface area contributed by atoms with Crippen LogP contribution in [0.3, 0.4) is 0 Å². The number of methoxy groups -OCH3 is 2. The summed E-state index contributed by atoms with van der Waals surface area (Å²) in [6.45, 7) is 0. The van der Waals surface area contributed by atoms with E-state index in [9.17, 15) is 4.79 Å². The molecule has 0 aliphatic rings. The summed E-state index contributed by atoms with van der Waals surface area (Å²) in [4.78, 5) is 10.8. The van der Waals surface area contributed by atoms with Crippen LogP contribution in [0, 0.1) is 17.2 Å². The third kappa shape index (κ3) is 3.11. The lowest BCUT2D eigenvalue weighted by Crippen LogP contribution is -2.14. The fourth-order valence-corrected chi connectivity index (χ4v) is 1.43. The van der Waals surface area contributed by atoms with Crippen molar-refractivity contribution in [1.29, 1.82) is 5.26 Å². The molecule has 1 atom stereocenters. The minimum atomic E-state index is -1.13. The number of aliphatic carboxylic acids is 1. The predicted molar refractivity (Wildman–Crippen MR) is 60.0 cm³/mol. The third-order valence-electron chi connectivity index (χ3n) is 2.37. The highest BCUT2D eigenvalue weighted by Crippen LogP contribution is 2.26. The molecule has 0 amide bonds. The first-order valence-electron chi connectivity index (χ1n) is 4.95. The van der Waals surface area contributed by atoms with Gasteiger partial charge in [0.1, 0.15) is 17.4 Å².